The van der Waals surface area contributed by atoms with Crippen molar-refractivity contribution >= 4 is 16.9 Å². The quantitative estimate of drug-likeness (QED) is 0.555. The molecule has 0 unspecified atom stereocenters. The normalized spacial score (nSPS) is 18.5. The maximum Gasteiger partial charge on any atom is 0.248 e. The van der Waals surface area contributed by atoms with E-state index in [1.807, 2.05) is 49.4 Å². The highest BCUT2D eigenvalue weighted by atomic mass is 16.9. The zero-order valence-corrected chi connectivity index (χ0v) is 15.6. The first kappa shape index (κ1) is 17.5. The molecule has 5 rings (SSSR count). The van der Waals surface area contributed by atoms with Gasteiger partial charge < -0.3 is 15.2 Å². The number of nitrogens with two attached hydrogens (primary N) is 1. The van der Waals surface area contributed by atoms with Crippen LogP contribution in [0.5, 0.6) is 0 Å². The molecule has 2 aromatic carbocycles. The van der Waals surface area contributed by atoms with Crippen LogP contribution in [0.15, 0.2) is 60.7 Å². The van der Waals surface area contributed by atoms with Crippen LogP contribution < -0.4 is 5.73 Å². The fourth-order valence-electron chi connectivity index (χ4n) is 3.43. The van der Waals surface area contributed by atoms with Gasteiger partial charge in [0.05, 0.1) is 11.4 Å². The van der Waals surface area contributed by atoms with Crippen LogP contribution in [-0.4, -0.2) is 27.4 Å². The Balaban J connectivity index is 1.46. The molecule has 0 spiro atoms. The molecule has 0 radical (unpaired) electrons. The van der Waals surface area contributed by atoms with Gasteiger partial charge in [-0.15, -0.1) is 0 Å². The summed E-state index contributed by atoms with van der Waals surface area (Å²) in [5.74, 6) is -0.467. The van der Waals surface area contributed by atoms with Crippen LogP contribution in [0.1, 0.15) is 29.1 Å². The van der Waals surface area contributed by atoms with Crippen LogP contribution in [0.2, 0.25) is 0 Å². The van der Waals surface area contributed by atoms with Gasteiger partial charge in [0.1, 0.15) is 0 Å². The van der Waals surface area contributed by atoms with Gasteiger partial charge in [-0.3, -0.25) is 9.89 Å². The number of nitrogens with zero attached hydrogens (tertiary/aromatic N) is 2. The predicted octanol–water partition coefficient (Wildman–Crippen LogP) is 3.78. The van der Waals surface area contributed by atoms with E-state index in [2.05, 4.69) is 15.2 Å². The van der Waals surface area contributed by atoms with Crippen LogP contribution in [0.25, 0.3) is 33.5 Å². The van der Waals surface area contributed by atoms with Crippen LogP contribution in [0, 0.1) is 0 Å². The molecule has 0 atom stereocenters. The molecule has 3 N–H and O–H groups in total. The zero-order chi connectivity index (χ0) is 20.0. The SMILES string of the molecule is CC1OC(c2ccc(-c3[nH]nc4nc(-c5cccc(C(N)=O)c5)ccc34)cc2)O1. The number of aromatic nitrogens is 3. The molecule has 4 aromatic rings. The van der Waals surface area contributed by atoms with Gasteiger partial charge >= 0.3 is 0 Å². The number of carbonyl (C=O) groups is 1. The second-order valence-corrected chi connectivity index (χ2v) is 6.91. The predicted molar refractivity (Wildman–Crippen MR) is 108 cm³/mol. The number of aromatic amines is 1. The van der Waals surface area contributed by atoms with Gasteiger partial charge in [-0.2, -0.15) is 5.10 Å². The first-order chi connectivity index (χ1) is 14.1. The van der Waals surface area contributed by atoms with E-state index in [0.29, 0.717) is 11.2 Å². The number of fused-ring (bicyclic) bond motifs is 1. The van der Waals surface area contributed by atoms with Crippen LogP contribution in [0.3, 0.4) is 0 Å². The standard InChI is InChI=1S/C22H18N4O3/c1-12-28-22(29-12)14-7-5-13(6-8-14)19-17-9-10-18(24-21(17)26-25-19)15-3-2-4-16(11-15)20(23)27/h2-12,22H,1H3,(H2,23,27)(H,24,25,26). The van der Waals surface area contributed by atoms with E-state index in [0.717, 1.165) is 33.5 Å². The van der Waals surface area contributed by atoms with Gasteiger partial charge in [0, 0.05) is 27.6 Å². The molecule has 1 saturated heterocycles. The Morgan fingerprint density at radius 3 is 2.55 bits per heavy atom. The van der Waals surface area contributed by atoms with Crippen molar-refractivity contribution in [1.29, 1.82) is 0 Å². The van der Waals surface area contributed by atoms with E-state index in [1.165, 1.54) is 0 Å². The molecule has 1 fully saturated rings. The molecule has 144 valence electrons. The van der Waals surface area contributed by atoms with Crippen molar-refractivity contribution < 1.29 is 14.3 Å². The second kappa shape index (κ2) is 6.80. The lowest BCUT2D eigenvalue weighted by Crippen LogP contribution is -2.31. The van der Waals surface area contributed by atoms with E-state index < -0.39 is 5.91 Å². The van der Waals surface area contributed by atoms with E-state index in [-0.39, 0.29) is 12.6 Å². The lowest BCUT2D eigenvalue weighted by molar-refractivity contribution is -0.382. The first-order valence-corrected chi connectivity index (χ1v) is 9.25. The Morgan fingerprint density at radius 1 is 1.03 bits per heavy atom. The lowest BCUT2D eigenvalue weighted by Gasteiger charge is -2.33. The minimum atomic E-state index is -0.467. The molecule has 1 amide bonds. The Hall–Kier alpha value is -3.55. The van der Waals surface area contributed by atoms with E-state index in [4.69, 9.17) is 15.2 Å². The largest absolute Gasteiger partial charge is 0.366 e. The monoisotopic (exact) mass is 386 g/mol. The summed E-state index contributed by atoms with van der Waals surface area (Å²) in [5.41, 5.74) is 10.8. The third-order valence-electron chi connectivity index (χ3n) is 4.96. The molecule has 3 heterocycles. The third kappa shape index (κ3) is 3.16. The van der Waals surface area contributed by atoms with Gasteiger partial charge in [-0.05, 0) is 31.2 Å². The molecule has 0 bridgehead atoms. The molecule has 29 heavy (non-hydrogen) atoms. The molecule has 1 aliphatic rings. The first-order valence-electron chi connectivity index (χ1n) is 9.25. The number of hydrogen-bond donors (Lipinski definition) is 2. The van der Waals surface area contributed by atoms with Crippen molar-refractivity contribution in [2.45, 2.75) is 19.5 Å². The van der Waals surface area contributed by atoms with Crippen molar-refractivity contribution in [1.82, 2.24) is 15.2 Å². The Bertz CT molecular complexity index is 1210. The minimum absolute atomic E-state index is 0.153. The summed E-state index contributed by atoms with van der Waals surface area (Å²) >= 11 is 0. The topological polar surface area (TPSA) is 103 Å². The number of carbonyl (C=O) groups excluding carboxylic acids is 1. The lowest BCUT2D eigenvalue weighted by atomic mass is 10.0. The molecular formula is C22H18N4O3. The summed E-state index contributed by atoms with van der Waals surface area (Å²) in [4.78, 5) is 16.1. The summed E-state index contributed by atoms with van der Waals surface area (Å²) in [6.07, 6.45) is -0.446. The number of ether oxygens (including phenoxy) is 2. The van der Waals surface area contributed by atoms with Crippen LogP contribution >= 0.6 is 0 Å². The molecule has 2 aromatic heterocycles. The number of amides is 1. The summed E-state index contributed by atoms with van der Waals surface area (Å²) in [7, 11) is 0. The van der Waals surface area contributed by atoms with Gasteiger partial charge in [-0.25, -0.2) is 4.98 Å². The summed E-state index contributed by atoms with van der Waals surface area (Å²) in [6, 6.07) is 18.9. The zero-order valence-electron chi connectivity index (χ0n) is 15.6. The van der Waals surface area contributed by atoms with E-state index in [9.17, 15) is 4.79 Å². The number of H-pyrrole nitrogens is 1. The fraction of sp³-hybridized carbons (Fsp3) is 0.136. The van der Waals surface area contributed by atoms with Crippen molar-refractivity contribution in [3.63, 3.8) is 0 Å². The molecule has 7 nitrogen and oxygen atoms in total. The highest BCUT2D eigenvalue weighted by molar-refractivity contribution is 5.95. The Labute approximate surface area is 166 Å². The average molecular weight is 386 g/mol. The van der Waals surface area contributed by atoms with E-state index >= 15 is 0 Å². The summed E-state index contributed by atoms with van der Waals surface area (Å²) in [6.45, 7) is 1.87. The highest BCUT2D eigenvalue weighted by Gasteiger charge is 2.28. The average Bonchev–Trinajstić information content (AvgIpc) is 3.15. The van der Waals surface area contributed by atoms with E-state index in [1.54, 1.807) is 18.2 Å². The summed E-state index contributed by atoms with van der Waals surface area (Å²) in [5, 5.41) is 8.34. The van der Waals surface area contributed by atoms with Gasteiger partial charge in [0.25, 0.3) is 0 Å². The second-order valence-electron chi connectivity index (χ2n) is 6.91. The van der Waals surface area contributed by atoms with Crippen LogP contribution in [-0.2, 0) is 9.47 Å². The smallest absolute Gasteiger partial charge is 0.248 e. The maximum atomic E-state index is 11.4. The molecule has 0 aliphatic carbocycles. The number of rotatable bonds is 4. The minimum Gasteiger partial charge on any atom is -0.366 e. The maximum absolute atomic E-state index is 11.4. The molecule has 0 saturated carbocycles. The number of primary amides is 1. The number of benzene rings is 2. The summed E-state index contributed by atoms with van der Waals surface area (Å²) < 4.78 is 11.0. The van der Waals surface area contributed by atoms with Crippen molar-refractivity contribution in [3.05, 3.63) is 71.8 Å². The third-order valence-corrected chi connectivity index (χ3v) is 4.96. The molecular weight excluding hydrogens is 368 g/mol. The van der Waals surface area contributed by atoms with Crippen molar-refractivity contribution in [3.8, 4) is 22.5 Å². The van der Waals surface area contributed by atoms with Gasteiger partial charge in [-0.1, -0.05) is 36.4 Å². The number of nitrogens with one attached hydrogen (secondary N) is 1. The number of hydrogen-bond acceptors (Lipinski definition) is 5. The van der Waals surface area contributed by atoms with Gasteiger partial charge in [0.2, 0.25) is 5.91 Å². The Kier molecular flexibility index (Phi) is 4.12. The van der Waals surface area contributed by atoms with Crippen LogP contribution in [0.4, 0.5) is 0 Å². The fourth-order valence-corrected chi connectivity index (χ4v) is 3.43. The highest BCUT2D eigenvalue weighted by Crippen LogP contribution is 2.33. The number of pyridine rings is 1. The Morgan fingerprint density at radius 2 is 1.83 bits per heavy atom. The van der Waals surface area contributed by atoms with Crippen molar-refractivity contribution in [2.24, 2.45) is 5.73 Å². The molecule has 1 aliphatic heterocycles. The van der Waals surface area contributed by atoms with Crippen molar-refractivity contribution in [2.75, 3.05) is 0 Å². The molecule has 7 heteroatoms. The van der Waals surface area contributed by atoms with Gasteiger partial charge in [0.15, 0.2) is 18.2 Å².